The average Bonchev–Trinajstić information content (AvgIpc) is 2.18. The SMILES string of the molecule is C=C(CCC)C(=O)c1ccccc1. The summed E-state index contributed by atoms with van der Waals surface area (Å²) in [6.07, 6.45) is 1.76. The molecule has 1 nitrogen and oxygen atoms in total. The summed E-state index contributed by atoms with van der Waals surface area (Å²) in [7, 11) is 0. The monoisotopic (exact) mass is 174 g/mol. The van der Waals surface area contributed by atoms with Crippen molar-refractivity contribution in [1.29, 1.82) is 0 Å². The molecule has 0 aromatic heterocycles. The molecule has 1 heteroatoms. The standard InChI is InChI=1S/C12H14O/c1-3-7-10(2)12(13)11-8-5-4-6-9-11/h4-6,8-9H,2-3,7H2,1H3. The Balaban J connectivity index is 2.74. The molecular formula is C12H14O. The van der Waals surface area contributed by atoms with Gasteiger partial charge in [-0.05, 0) is 12.0 Å². The number of carbonyl (C=O) groups excluding carboxylic acids is 1. The Bertz CT molecular complexity index is 298. The minimum atomic E-state index is 0.0717. The van der Waals surface area contributed by atoms with Crippen LogP contribution in [0.5, 0.6) is 0 Å². The van der Waals surface area contributed by atoms with E-state index in [4.69, 9.17) is 0 Å². The molecule has 13 heavy (non-hydrogen) atoms. The molecule has 0 atom stereocenters. The van der Waals surface area contributed by atoms with Gasteiger partial charge in [-0.1, -0.05) is 50.3 Å². The maximum atomic E-state index is 11.6. The number of hydrogen-bond donors (Lipinski definition) is 0. The topological polar surface area (TPSA) is 17.1 Å². The van der Waals surface area contributed by atoms with E-state index in [0.29, 0.717) is 5.57 Å². The third-order valence-electron chi connectivity index (χ3n) is 1.91. The number of Topliss-reactive ketones (excluding diaryl/α,β-unsaturated/α-hetero) is 1. The highest BCUT2D eigenvalue weighted by atomic mass is 16.1. The fourth-order valence-electron chi connectivity index (χ4n) is 1.21. The number of ketones is 1. The fourth-order valence-corrected chi connectivity index (χ4v) is 1.21. The van der Waals surface area contributed by atoms with E-state index >= 15 is 0 Å². The van der Waals surface area contributed by atoms with E-state index in [0.717, 1.165) is 18.4 Å². The van der Waals surface area contributed by atoms with Crippen LogP contribution in [0.3, 0.4) is 0 Å². The van der Waals surface area contributed by atoms with Crippen LogP contribution in [0.4, 0.5) is 0 Å². The number of hydrogen-bond acceptors (Lipinski definition) is 1. The van der Waals surface area contributed by atoms with Crippen molar-refractivity contribution in [1.82, 2.24) is 0 Å². The van der Waals surface area contributed by atoms with Crippen LogP contribution in [0.1, 0.15) is 30.1 Å². The van der Waals surface area contributed by atoms with Gasteiger partial charge in [0.1, 0.15) is 0 Å². The maximum Gasteiger partial charge on any atom is 0.188 e. The number of benzene rings is 1. The first kappa shape index (κ1) is 9.72. The lowest BCUT2D eigenvalue weighted by molar-refractivity contribution is 0.103. The second kappa shape index (κ2) is 4.61. The Morgan fingerprint density at radius 3 is 2.46 bits per heavy atom. The predicted molar refractivity (Wildman–Crippen MR) is 54.8 cm³/mol. The number of allylic oxidation sites excluding steroid dienone is 1. The average molecular weight is 174 g/mol. The molecule has 1 aromatic carbocycles. The maximum absolute atomic E-state index is 11.6. The van der Waals surface area contributed by atoms with Crippen LogP contribution in [0.2, 0.25) is 0 Å². The first-order valence-corrected chi connectivity index (χ1v) is 4.53. The Hall–Kier alpha value is -1.37. The van der Waals surface area contributed by atoms with Gasteiger partial charge < -0.3 is 0 Å². The van der Waals surface area contributed by atoms with Gasteiger partial charge in [-0.2, -0.15) is 0 Å². The minimum Gasteiger partial charge on any atom is -0.289 e. The molecule has 1 aromatic rings. The summed E-state index contributed by atoms with van der Waals surface area (Å²) in [6.45, 7) is 5.82. The van der Waals surface area contributed by atoms with Crippen LogP contribution in [-0.4, -0.2) is 5.78 Å². The first-order chi connectivity index (χ1) is 6.25. The molecule has 0 aliphatic heterocycles. The van der Waals surface area contributed by atoms with Crippen molar-refractivity contribution in [3.05, 3.63) is 48.0 Å². The smallest absolute Gasteiger partial charge is 0.188 e. The van der Waals surface area contributed by atoms with Gasteiger partial charge in [0, 0.05) is 5.56 Å². The van der Waals surface area contributed by atoms with E-state index in [9.17, 15) is 4.79 Å². The molecule has 0 N–H and O–H groups in total. The Labute approximate surface area is 79.1 Å². The second-order valence-electron chi connectivity index (χ2n) is 3.05. The van der Waals surface area contributed by atoms with Crippen molar-refractivity contribution in [3.63, 3.8) is 0 Å². The van der Waals surface area contributed by atoms with Crippen LogP contribution in [-0.2, 0) is 0 Å². The fraction of sp³-hybridized carbons (Fsp3) is 0.250. The zero-order valence-electron chi connectivity index (χ0n) is 7.92. The van der Waals surface area contributed by atoms with E-state index < -0.39 is 0 Å². The van der Waals surface area contributed by atoms with Gasteiger partial charge in [-0.3, -0.25) is 4.79 Å². The third-order valence-corrected chi connectivity index (χ3v) is 1.91. The van der Waals surface area contributed by atoms with E-state index in [-0.39, 0.29) is 5.78 Å². The predicted octanol–water partition coefficient (Wildman–Crippen LogP) is 3.23. The minimum absolute atomic E-state index is 0.0717. The molecule has 0 amide bonds. The molecule has 0 radical (unpaired) electrons. The highest BCUT2D eigenvalue weighted by molar-refractivity contribution is 6.08. The van der Waals surface area contributed by atoms with Crippen LogP contribution in [0.15, 0.2) is 42.5 Å². The Morgan fingerprint density at radius 1 is 1.31 bits per heavy atom. The molecular weight excluding hydrogens is 160 g/mol. The van der Waals surface area contributed by atoms with Gasteiger partial charge in [0.15, 0.2) is 5.78 Å². The molecule has 0 unspecified atom stereocenters. The molecule has 0 spiro atoms. The van der Waals surface area contributed by atoms with Crippen molar-refractivity contribution >= 4 is 5.78 Å². The van der Waals surface area contributed by atoms with E-state index in [2.05, 4.69) is 6.58 Å². The largest absolute Gasteiger partial charge is 0.289 e. The zero-order chi connectivity index (χ0) is 9.68. The Morgan fingerprint density at radius 2 is 1.92 bits per heavy atom. The Kier molecular flexibility index (Phi) is 3.44. The van der Waals surface area contributed by atoms with Crippen molar-refractivity contribution in [2.45, 2.75) is 19.8 Å². The molecule has 0 bridgehead atoms. The summed E-state index contributed by atoms with van der Waals surface area (Å²) in [6, 6.07) is 9.28. The molecule has 0 heterocycles. The van der Waals surface area contributed by atoms with E-state index in [1.165, 1.54) is 0 Å². The van der Waals surface area contributed by atoms with Crippen LogP contribution < -0.4 is 0 Å². The summed E-state index contributed by atoms with van der Waals surface area (Å²) >= 11 is 0. The molecule has 0 aliphatic carbocycles. The highest BCUT2D eigenvalue weighted by Crippen LogP contribution is 2.10. The highest BCUT2D eigenvalue weighted by Gasteiger charge is 2.07. The lowest BCUT2D eigenvalue weighted by Crippen LogP contribution is -2.01. The van der Waals surface area contributed by atoms with Crippen LogP contribution >= 0.6 is 0 Å². The summed E-state index contributed by atoms with van der Waals surface area (Å²) in [5.41, 5.74) is 1.44. The van der Waals surface area contributed by atoms with Crippen molar-refractivity contribution < 1.29 is 4.79 Å². The van der Waals surface area contributed by atoms with Gasteiger partial charge in [0.25, 0.3) is 0 Å². The van der Waals surface area contributed by atoms with E-state index in [1.54, 1.807) is 0 Å². The third kappa shape index (κ3) is 2.55. The molecule has 68 valence electrons. The van der Waals surface area contributed by atoms with Gasteiger partial charge in [0.05, 0.1) is 0 Å². The van der Waals surface area contributed by atoms with Crippen molar-refractivity contribution in [3.8, 4) is 0 Å². The number of carbonyl (C=O) groups is 1. The van der Waals surface area contributed by atoms with Crippen LogP contribution in [0.25, 0.3) is 0 Å². The van der Waals surface area contributed by atoms with Gasteiger partial charge in [0.2, 0.25) is 0 Å². The second-order valence-corrected chi connectivity index (χ2v) is 3.05. The lowest BCUT2D eigenvalue weighted by Gasteiger charge is -2.02. The van der Waals surface area contributed by atoms with Crippen molar-refractivity contribution in [2.75, 3.05) is 0 Å². The summed E-state index contributed by atoms with van der Waals surface area (Å²) in [5, 5.41) is 0. The summed E-state index contributed by atoms with van der Waals surface area (Å²) in [4.78, 5) is 11.6. The van der Waals surface area contributed by atoms with Crippen molar-refractivity contribution in [2.24, 2.45) is 0 Å². The molecule has 0 aliphatic rings. The lowest BCUT2D eigenvalue weighted by atomic mass is 10.0. The quantitative estimate of drug-likeness (QED) is 0.506. The summed E-state index contributed by atoms with van der Waals surface area (Å²) in [5.74, 6) is 0.0717. The zero-order valence-corrected chi connectivity index (χ0v) is 7.92. The number of rotatable bonds is 4. The molecule has 1 rings (SSSR count). The first-order valence-electron chi connectivity index (χ1n) is 4.53. The summed E-state index contributed by atoms with van der Waals surface area (Å²) < 4.78 is 0. The normalized spacial score (nSPS) is 9.62. The van der Waals surface area contributed by atoms with Gasteiger partial charge in [-0.25, -0.2) is 0 Å². The molecule has 0 saturated heterocycles. The molecule has 0 fully saturated rings. The van der Waals surface area contributed by atoms with Gasteiger partial charge >= 0.3 is 0 Å². The van der Waals surface area contributed by atoms with Gasteiger partial charge in [-0.15, -0.1) is 0 Å². The van der Waals surface area contributed by atoms with E-state index in [1.807, 2.05) is 37.3 Å². The molecule has 0 saturated carbocycles. The van der Waals surface area contributed by atoms with Crippen LogP contribution in [0, 0.1) is 0 Å².